The molecular weight excluding hydrogens is 156 g/mol. The van der Waals surface area contributed by atoms with Crippen molar-refractivity contribution in [1.29, 1.82) is 0 Å². The van der Waals surface area contributed by atoms with Crippen LogP contribution in [0.1, 0.15) is 13.3 Å². The van der Waals surface area contributed by atoms with Crippen LogP contribution in [0, 0.1) is 0 Å². The molecule has 0 aliphatic carbocycles. The van der Waals surface area contributed by atoms with E-state index < -0.39 is 12.1 Å². The Kier molecular flexibility index (Phi) is 5.04. The molecule has 1 atom stereocenters. The van der Waals surface area contributed by atoms with E-state index in [1.807, 2.05) is 0 Å². The van der Waals surface area contributed by atoms with Crippen molar-refractivity contribution in [1.82, 2.24) is 0 Å². The number of esters is 1. The van der Waals surface area contributed by atoms with Crippen LogP contribution in [0.25, 0.3) is 0 Å². The minimum absolute atomic E-state index is 0.189. The van der Waals surface area contributed by atoms with Crippen LogP contribution in [-0.4, -0.2) is 23.8 Å². The summed E-state index contributed by atoms with van der Waals surface area (Å²) < 4.78 is 4.84. The first-order valence-electron chi connectivity index (χ1n) is 3.70. The Balaban J connectivity index is 3.93. The highest BCUT2D eigenvalue weighted by Gasteiger charge is 2.11. The highest BCUT2D eigenvalue weighted by Crippen LogP contribution is 2.02. The van der Waals surface area contributed by atoms with Crippen molar-refractivity contribution in [2.45, 2.75) is 19.4 Å². The topological polar surface area (TPSA) is 46.5 Å². The van der Waals surface area contributed by atoms with Crippen molar-refractivity contribution in [3.05, 3.63) is 24.8 Å². The molecule has 3 nitrogen and oxygen atoms in total. The first-order chi connectivity index (χ1) is 5.61. The van der Waals surface area contributed by atoms with Crippen molar-refractivity contribution < 1.29 is 14.6 Å². The van der Waals surface area contributed by atoms with Crippen molar-refractivity contribution >= 4 is 5.97 Å². The lowest BCUT2D eigenvalue weighted by molar-refractivity contribution is -0.145. The zero-order chi connectivity index (χ0) is 9.56. The SMILES string of the molecule is C=CCC(CO)OC(=O)C(=C)C. The molecule has 68 valence electrons. The van der Waals surface area contributed by atoms with Crippen molar-refractivity contribution in [3.63, 3.8) is 0 Å². The third kappa shape index (κ3) is 3.93. The number of aliphatic hydroxyl groups excluding tert-OH is 1. The maximum Gasteiger partial charge on any atom is 0.333 e. The van der Waals surface area contributed by atoms with Gasteiger partial charge in [-0.05, 0) is 6.92 Å². The molecule has 3 heteroatoms. The number of aliphatic hydroxyl groups is 1. The van der Waals surface area contributed by atoms with E-state index in [2.05, 4.69) is 13.2 Å². The van der Waals surface area contributed by atoms with Gasteiger partial charge < -0.3 is 9.84 Å². The van der Waals surface area contributed by atoms with E-state index in [0.29, 0.717) is 12.0 Å². The largest absolute Gasteiger partial charge is 0.456 e. The second kappa shape index (κ2) is 5.55. The summed E-state index contributed by atoms with van der Waals surface area (Å²) >= 11 is 0. The minimum atomic E-state index is -0.494. The van der Waals surface area contributed by atoms with Gasteiger partial charge in [0.1, 0.15) is 6.10 Å². The van der Waals surface area contributed by atoms with E-state index in [1.165, 1.54) is 0 Å². The van der Waals surface area contributed by atoms with Crippen molar-refractivity contribution in [2.24, 2.45) is 0 Å². The molecule has 0 aliphatic rings. The number of hydrogen-bond acceptors (Lipinski definition) is 3. The number of ether oxygens (including phenoxy) is 1. The molecule has 0 saturated heterocycles. The summed E-state index contributed by atoms with van der Waals surface area (Å²) in [7, 11) is 0. The molecule has 0 amide bonds. The van der Waals surface area contributed by atoms with E-state index in [1.54, 1.807) is 13.0 Å². The lowest BCUT2D eigenvalue weighted by Crippen LogP contribution is -2.21. The van der Waals surface area contributed by atoms with E-state index in [-0.39, 0.29) is 6.61 Å². The van der Waals surface area contributed by atoms with Crippen LogP contribution in [0.3, 0.4) is 0 Å². The molecule has 0 radical (unpaired) electrons. The van der Waals surface area contributed by atoms with Gasteiger partial charge in [0, 0.05) is 12.0 Å². The third-order valence-electron chi connectivity index (χ3n) is 1.26. The fraction of sp³-hybridized carbons (Fsp3) is 0.444. The Morgan fingerprint density at radius 2 is 2.33 bits per heavy atom. The molecule has 1 N–H and O–H groups in total. The molecule has 0 rings (SSSR count). The van der Waals surface area contributed by atoms with Crippen LogP contribution in [0.15, 0.2) is 24.8 Å². The number of carbonyl (C=O) groups excluding carboxylic acids is 1. The van der Waals surface area contributed by atoms with Crippen LogP contribution in [0.5, 0.6) is 0 Å². The molecule has 0 fully saturated rings. The van der Waals surface area contributed by atoms with Crippen molar-refractivity contribution in [3.8, 4) is 0 Å². The average molecular weight is 170 g/mol. The quantitative estimate of drug-likeness (QED) is 0.381. The second-order valence-corrected chi connectivity index (χ2v) is 2.51. The maximum absolute atomic E-state index is 10.9. The van der Waals surface area contributed by atoms with E-state index >= 15 is 0 Å². The minimum Gasteiger partial charge on any atom is -0.456 e. The molecular formula is C9H14O3. The molecule has 0 aromatic heterocycles. The van der Waals surface area contributed by atoms with E-state index in [0.717, 1.165) is 0 Å². The van der Waals surface area contributed by atoms with Crippen LogP contribution >= 0.6 is 0 Å². The van der Waals surface area contributed by atoms with Gasteiger partial charge >= 0.3 is 5.97 Å². The average Bonchev–Trinajstić information content (AvgIpc) is 2.03. The predicted octanol–water partition coefficient (Wildman–Crippen LogP) is 1.04. The van der Waals surface area contributed by atoms with Crippen LogP contribution in [0.2, 0.25) is 0 Å². The van der Waals surface area contributed by atoms with Gasteiger partial charge in [-0.1, -0.05) is 12.7 Å². The Bertz CT molecular complexity index is 184. The second-order valence-electron chi connectivity index (χ2n) is 2.51. The molecule has 0 aliphatic heterocycles. The number of rotatable bonds is 5. The lowest BCUT2D eigenvalue weighted by Gasteiger charge is -2.12. The normalized spacial score (nSPS) is 11.8. The first-order valence-corrected chi connectivity index (χ1v) is 3.70. The Hall–Kier alpha value is -1.09. The van der Waals surface area contributed by atoms with Gasteiger partial charge in [0.2, 0.25) is 0 Å². The molecule has 0 aromatic carbocycles. The Morgan fingerprint density at radius 3 is 2.67 bits per heavy atom. The van der Waals surface area contributed by atoms with E-state index in [9.17, 15) is 4.79 Å². The third-order valence-corrected chi connectivity index (χ3v) is 1.26. The lowest BCUT2D eigenvalue weighted by atomic mass is 10.2. The van der Waals surface area contributed by atoms with Crippen LogP contribution in [-0.2, 0) is 9.53 Å². The Labute approximate surface area is 72.3 Å². The summed E-state index contributed by atoms with van der Waals surface area (Å²) in [5.74, 6) is -0.476. The van der Waals surface area contributed by atoms with Gasteiger partial charge in [-0.15, -0.1) is 6.58 Å². The molecule has 0 bridgehead atoms. The van der Waals surface area contributed by atoms with Crippen LogP contribution in [0.4, 0.5) is 0 Å². The van der Waals surface area contributed by atoms with Crippen LogP contribution < -0.4 is 0 Å². The van der Waals surface area contributed by atoms with Gasteiger partial charge in [-0.3, -0.25) is 0 Å². The summed E-state index contributed by atoms with van der Waals surface area (Å²) in [4.78, 5) is 10.9. The number of hydrogen-bond donors (Lipinski definition) is 1. The molecule has 0 aromatic rings. The first kappa shape index (κ1) is 10.9. The fourth-order valence-corrected chi connectivity index (χ4v) is 0.598. The highest BCUT2D eigenvalue weighted by atomic mass is 16.6. The molecule has 0 saturated carbocycles. The summed E-state index contributed by atoms with van der Waals surface area (Å²) in [6.07, 6.45) is 1.55. The highest BCUT2D eigenvalue weighted by molar-refractivity contribution is 5.87. The zero-order valence-electron chi connectivity index (χ0n) is 7.25. The van der Waals surface area contributed by atoms with Gasteiger partial charge in [0.15, 0.2) is 0 Å². The summed E-state index contributed by atoms with van der Waals surface area (Å²) in [6, 6.07) is 0. The van der Waals surface area contributed by atoms with Gasteiger partial charge in [-0.2, -0.15) is 0 Å². The van der Waals surface area contributed by atoms with Crippen molar-refractivity contribution in [2.75, 3.05) is 6.61 Å². The van der Waals surface area contributed by atoms with Gasteiger partial charge in [0.05, 0.1) is 6.61 Å². The monoisotopic (exact) mass is 170 g/mol. The fourth-order valence-electron chi connectivity index (χ4n) is 0.598. The summed E-state index contributed by atoms with van der Waals surface area (Å²) in [6.45, 7) is 8.27. The molecule has 1 unspecified atom stereocenters. The maximum atomic E-state index is 10.9. The molecule has 0 heterocycles. The summed E-state index contributed by atoms with van der Waals surface area (Å²) in [5.41, 5.74) is 0.331. The van der Waals surface area contributed by atoms with Gasteiger partial charge in [-0.25, -0.2) is 4.79 Å². The molecule has 0 spiro atoms. The standard InChI is InChI=1S/C9H14O3/c1-4-5-8(6-10)12-9(11)7(2)3/h4,8,10H,1-2,5-6H2,3H3. The predicted molar refractivity (Wildman–Crippen MR) is 46.6 cm³/mol. The number of carbonyl (C=O) groups is 1. The molecule has 12 heavy (non-hydrogen) atoms. The summed E-state index contributed by atoms with van der Waals surface area (Å²) in [5, 5.41) is 8.73. The van der Waals surface area contributed by atoms with Gasteiger partial charge in [0.25, 0.3) is 0 Å². The Morgan fingerprint density at radius 1 is 1.75 bits per heavy atom. The zero-order valence-corrected chi connectivity index (χ0v) is 7.25. The smallest absolute Gasteiger partial charge is 0.333 e. The van der Waals surface area contributed by atoms with E-state index in [4.69, 9.17) is 9.84 Å².